The van der Waals surface area contributed by atoms with Crippen molar-refractivity contribution >= 4 is 16.1 Å². The zero-order valence-electron chi connectivity index (χ0n) is 12.1. The van der Waals surface area contributed by atoms with Crippen LogP contribution < -0.4 is 8.91 Å². The summed E-state index contributed by atoms with van der Waals surface area (Å²) in [4.78, 5) is 4.15. The summed E-state index contributed by atoms with van der Waals surface area (Å²) < 4.78 is 9.68. The number of nitrogens with zero attached hydrogens (tertiary/aromatic N) is 4. The van der Waals surface area contributed by atoms with Crippen LogP contribution in [0.15, 0.2) is 37.4 Å². The van der Waals surface area contributed by atoms with E-state index in [1.54, 1.807) is 0 Å². The van der Waals surface area contributed by atoms with Crippen molar-refractivity contribution in [2.45, 2.75) is 45.3 Å². The predicted octanol–water partition coefficient (Wildman–Crippen LogP) is 2.47. The third-order valence-electron chi connectivity index (χ3n) is 3.72. The Hall–Kier alpha value is -1.14. The second kappa shape index (κ2) is 7.59. The Bertz CT molecular complexity index is 493. The fraction of sp³-hybridized carbons (Fsp3) is 0.571. The Morgan fingerprint density at radius 3 is 2.85 bits per heavy atom. The number of hydrogen-bond acceptors (Lipinski definition) is 2. The first kappa shape index (κ1) is 15.3. The molecule has 0 bridgehead atoms. The molecule has 110 valence electrons. The molecular formula is C14H23BrN5+. The minimum Gasteiger partial charge on any atom is -0.334 e. The highest BCUT2D eigenvalue weighted by Gasteiger charge is 2.18. The summed E-state index contributed by atoms with van der Waals surface area (Å²) in [5.41, 5.74) is 0. The first-order chi connectivity index (χ1) is 9.74. The fourth-order valence-corrected chi connectivity index (χ4v) is 2.65. The molecule has 5 nitrogen and oxygen atoms in total. The topological polar surface area (TPSA) is 38.7 Å². The highest BCUT2D eigenvalue weighted by molar-refractivity contribution is 9.08. The number of halogens is 1. The molecular weight excluding hydrogens is 318 g/mol. The van der Waals surface area contributed by atoms with Gasteiger partial charge in [0.2, 0.25) is 6.33 Å². The molecule has 0 spiro atoms. The van der Waals surface area contributed by atoms with Crippen LogP contribution in [0.5, 0.6) is 0 Å². The molecule has 0 aliphatic carbocycles. The zero-order chi connectivity index (χ0) is 14.4. The lowest BCUT2D eigenvalue weighted by atomic mass is 10.1. The molecule has 0 aliphatic rings. The van der Waals surface area contributed by atoms with Gasteiger partial charge in [-0.15, -0.1) is 0 Å². The summed E-state index contributed by atoms with van der Waals surface area (Å²) in [7, 11) is 0. The lowest BCUT2D eigenvalue weighted by Crippen LogP contribution is -2.35. The van der Waals surface area contributed by atoms with Crippen LogP contribution >= 0.6 is 16.1 Å². The Kier molecular flexibility index (Phi) is 5.79. The summed E-state index contributed by atoms with van der Waals surface area (Å²) in [5.74, 6) is 0. The van der Waals surface area contributed by atoms with Gasteiger partial charge in [-0.1, -0.05) is 6.92 Å². The van der Waals surface area contributed by atoms with Crippen molar-refractivity contribution in [1.29, 1.82) is 0 Å². The van der Waals surface area contributed by atoms with E-state index in [2.05, 4.69) is 77.9 Å². The third kappa shape index (κ3) is 3.93. The predicted molar refractivity (Wildman–Crippen MR) is 82.4 cm³/mol. The smallest absolute Gasteiger partial charge is 0.244 e. The van der Waals surface area contributed by atoms with Crippen LogP contribution in [-0.2, 0) is 6.54 Å². The van der Waals surface area contributed by atoms with Crippen LogP contribution in [0.4, 0.5) is 0 Å². The lowest BCUT2D eigenvalue weighted by Gasteiger charge is -2.19. The highest BCUT2D eigenvalue weighted by Crippen LogP contribution is 2.23. The molecule has 0 radical (unpaired) electrons. The first-order valence-electron chi connectivity index (χ1n) is 7.12. The lowest BCUT2D eigenvalue weighted by molar-refractivity contribution is -0.694. The SMILES string of the molecule is CCC(CC(C)n1cc[n+](CCNBr)c1)n1ccnc1. The van der Waals surface area contributed by atoms with E-state index in [9.17, 15) is 0 Å². The van der Waals surface area contributed by atoms with Crippen LogP contribution in [0.25, 0.3) is 0 Å². The summed E-state index contributed by atoms with van der Waals surface area (Å²) in [6.45, 7) is 6.38. The number of nitrogens with one attached hydrogen (secondary N) is 1. The molecule has 0 aliphatic heterocycles. The molecule has 6 heteroatoms. The minimum atomic E-state index is 0.473. The van der Waals surface area contributed by atoms with Gasteiger partial charge >= 0.3 is 0 Å². The van der Waals surface area contributed by atoms with Gasteiger partial charge in [0.1, 0.15) is 18.9 Å². The summed E-state index contributed by atoms with van der Waals surface area (Å²) in [6.07, 6.45) is 14.5. The van der Waals surface area contributed by atoms with Gasteiger partial charge in [-0.3, -0.25) is 4.34 Å². The molecule has 2 atom stereocenters. The van der Waals surface area contributed by atoms with Gasteiger partial charge in [0.15, 0.2) is 0 Å². The molecule has 0 saturated carbocycles. The molecule has 2 rings (SSSR count). The van der Waals surface area contributed by atoms with Gasteiger partial charge in [0, 0.05) is 47.5 Å². The first-order valence-corrected chi connectivity index (χ1v) is 7.91. The molecule has 2 aromatic heterocycles. The van der Waals surface area contributed by atoms with E-state index >= 15 is 0 Å². The van der Waals surface area contributed by atoms with Crippen LogP contribution in [0.3, 0.4) is 0 Å². The Balaban J connectivity index is 1.96. The largest absolute Gasteiger partial charge is 0.334 e. The quantitative estimate of drug-likeness (QED) is 0.592. The van der Waals surface area contributed by atoms with Gasteiger partial charge in [-0.05, 0) is 13.3 Å². The van der Waals surface area contributed by atoms with E-state index in [0.29, 0.717) is 12.1 Å². The van der Waals surface area contributed by atoms with Crippen molar-refractivity contribution in [3.05, 3.63) is 37.4 Å². The van der Waals surface area contributed by atoms with Crippen molar-refractivity contribution in [3.8, 4) is 0 Å². The number of imidazole rings is 2. The average Bonchev–Trinajstić information content (AvgIpc) is 3.13. The Morgan fingerprint density at radius 2 is 2.20 bits per heavy atom. The highest BCUT2D eigenvalue weighted by atomic mass is 79.9. The second-order valence-corrected chi connectivity index (χ2v) is 5.70. The third-order valence-corrected chi connectivity index (χ3v) is 4.11. The van der Waals surface area contributed by atoms with Gasteiger partial charge in [-0.2, -0.15) is 0 Å². The van der Waals surface area contributed by atoms with E-state index in [4.69, 9.17) is 0 Å². The molecule has 20 heavy (non-hydrogen) atoms. The van der Waals surface area contributed by atoms with E-state index in [-0.39, 0.29) is 0 Å². The van der Waals surface area contributed by atoms with Gasteiger partial charge in [-0.25, -0.2) is 14.1 Å². The summed E-state index contributed by atoms with van der Waals surface area (Å²) >= 11 is 3.23. The van der Waals surface area contributed by atoms with Gasteiger partial charge in [0.25, 0.3) is 0 Å². The van der Waals surface area contributed by atoms with Crippen LogP contribution in [0.2, 0.25) is 0 Å². The molecule has 0 aromatic carbocycles. The maximum atomic E-state index is 4.15. The number of aromatic nitrogens is 4. The Morgan fingerprint density at radius 1 is 1.35 bits per heavy atom. The van der Waals surface area contributed by atoms with Crippen LogP contribution in [0.1, 0.15) is 38.8 Å². The average molecular weight is 341 g/mol. The molecule has 0 amide bonds. The number of rotatable bonds is 8. The molecule has 2 aromatic rings. The monoisotopic (exact) mass is 340 g/mol. The van der Waals surface area contributed by atoms with Crippen LogP contribution in [-0.4, -0.2) is 20.7 Å². The molecule has 2 heterocycles. The maximum absolute atomic E-state index is 4.15. The van der Waals surface area contributed by atoms with E-state index in [1.807, 2.05) is 12.5 Å². The summed E-state index contributed by atoms with van der Waals surface area (Å²) in [5, 5.41) is 0. The fourth-order valence-electron chi connectivity index (χ4n) is 2.48. The Labute approximate surface area is 129 Å². The van der Waals surface area contributed by atoms with Crippen molar-refractivity contribution in [2.24, 2.45) is 0 Å². The summed E-state index contributed by atoms with van der Waals surface area (Å²) in [6, 6.07) is 0.980. The molecule has 0 saturated heterocycles. The second-order valence-electron chi connectivity index (χ2n) is 5.14. The van der Waals surface area contributed by atoms with E-state index in [1.165, 1.54) is 0 Å². The van der Waals surface area contributed by atoms with E-state index in [0.717, 1.165) is 25.9 Å². The minimum absolute atomic E-state index is 0.473. The van der Waals surface area contributed by atoms with Gasteiger partial charge in [0.05, 0.1) is 12.4 Å². The molecule has 0 fully saturated rings. The van der Waals surface area contributed by atoms with Crippen molar-refractivity contribution < 1.29 is 4.57 Å². The van der Waals surface area contributed by atoms with Crippen molar-refractivity contribution in [3.63, 3.8) is 0 Å². The normalized spacial score (nSPS) is 14.3. The van der Waals surface area contributed by atoms with E-state index < -0.39 is 0 Å². The molecule has 2 unspecified atom stereocenters. The zero-order valence-corrected chi connectivity index (χ0v) is 13.7. The van der Waals surface area contributed by atoms with Crippen molar-refractivity contribution in [2.75, 3.05) is 6.54 Å². The van der Waals surface area contributed by atoms with Crippen molar-refractivity contribution in [1.82, 2.24) is 18.5 Å². The standard InChI is InChI=1S/C14H23BrN5/c1-3-14(19-7-4-16-11-19)10-13(2)20-9-8-18(12-20)6-5-17-15/h4,7-9,11-14,17H,3,5-6,10H2,1-2H3/q+1. The number of hydrogen-bond donors (Lipinski definition) is 1. The van der Waals surface area contributed by atoms with Crippen LogP contribution in [0, 0.1) is 0 Å². The maximum Gasteiger partial charge on any atom is 0.244 e. The van der Waals surface area contributed by atoms with Gasteiger partial charge < -0.3 is 4.57 Å². The molecule has 1 N–H and O–H groups in total.